The molecule has 0 aliphatic heterocycles. The van der Waals surface area contributed by atoms with Gasteiger partial charge in [-0.3, -0.25) is 4.90 Å². The van der Waals surface area contributed by atoms with E-state index in [9.17, 15) is 0 Å². The van der Waals surface area contributed by atoms with Crippen molar-refractivity contribution < 1.29 is 5.11 Å². The zero-order valence-electron chi connectivity index (χ0n) is 11.5. The van der Waals surface area contributed by atoms with Crippen LogP contribution in [-0.4, -0.2) is 34.2 Å². The van der Waals surface area contributed by atoms with Gasteiger partial charge in [0.25, 0.3) is 0 Å². The number of aliphatic hydroxyl groups excluding tert-OH is 1. The van der Waals surface area contributed by atoms with Gasteiger partial charge in [0.2, 0.25) is 0 Å². The van der Waals surface area contributed by atoms with Gasteiger partial charge in [-0.1, -0.05) is 6.07 Å². The highest BCUT2D eigenvalue weighted by atomic mass is 32.1. The summed E-state index contributed by atoms with van der Waals surface area (Å²) in [5.41, 5.74) is 1.19. The van der Waals surface area contributed by atoms with E-state index in [1.807, 2.05) is 0 Å². The summed E-state index contributed by atoms with van der Waals surface area (Å²) in [6, 6.07) is 4.96. The number of aliphatic hydroxyl groups is 1. The number of hydrogen-bond donors (Lipinski definition) is 1. The summed E-state index contributed by atoms with van der Waals surface area (Å²) in [5.74, 6) is 0. The van der Waals surface area contributed by atoms with Gasteiger partial charge in [0.1, 0.15) is 5.01 Å². The van der Waals surface area contributed by atoms with Gasteiger partial charge in [-0.05, 0) is 43.7 Å². The Hall–Kier alpha value is -0.750. The van der Waals surface area contributed by atoms with Crippen LogP contribution in [0, 0.1) is 0 Å². The monoisotopic (exact) mass is 308 g/mol. The summed E-state index contributed by atoms with van der Waals surface area (Å²) in [6.07, 6.45) is 4.62. The first-order valence-electron chi connectivity index (χ1n) is 7.20. The number of thiophene rings is 1. The molecule has 1 aliphatic carbocycles. The molecule has 0 spiro atoms. The highest BCUT2D eigenvalue weighted by Gasteiger charge is 2.28. The number of unbranched alkanes of at least 4 members (excludes halogenated alkanes) is 1. The smallest absolute Gasteiger partial charge is 0.133 e. The Morgan fingerprint density at radius 3 is 2.90 bits per heavy atom. The quantitative estimate of drug-likeness (QED) is 0.757. The van der Waals surface area contributed by atoms with E-state index in [0.29, 0.717) is 6.61 Å². The fourth-order valence-electron chi connectivity index (χ4n) is 2.36. The molecule has 2 heterocycles. The molecule has 1 saturated carbocycles. The summed E-state index contributed by atoms with van der Waals surface area (Å²) in [7, 11) is 0. The standard InChI is InChI=1S/C15H20N2OS2/c18-8-2-1-7-17(13-5-6-13)10-12-11-20-15(16-12)14-4-3-9-19-14/h3-4,9,11,13,18H,1-2,5-8,10H2. The summed E-state index contributed by atoms with van der Waals surface area (Å²) in [5, 5.41) is 14.3. The Balaban J connectivity index is 1.60. The van der Waals surface area contributed by atoms with Gasteiger partial charge < -0.3 is 5.11 Å². The third kappa shape index (κ3) is 3.67. The largest absolute Gasteiger partial charge is 0.396 e. The normalized spacial score (nSPS) is 15.1. The van der Waals surface area contributed by atoms with Crippen molar-refractivity contribution in [3.05, 3.63) is 28.6 Å². The average Bonchev–Trinajstić information content (AvgIpc) is 2.97. The highest BCUT2D eigenvalue weighted by molar-refractivity contribution is 7.20. The van der Waals surface area contributed by atoms with Crippen molar-refractivity contribution in [2.75, 3.05) is 13.2 Å². The minimum atomic E-state index is 0.303. The highest BCUT2D eigenvalue weighted by Crippen LogP contribution is 2.31. The first kappa shape index (κ1) is 14.2. The predicted octanol–water partition coefficient (Wildman–Crippen LogP) is 3.61. The van der Waals surface area contributed by atoms with Crippen molar-refractivity contribution in [3.63, 3.8) is 0 Å². The maximum absolute atomic E-state index is 8.90. The lowest BCUT2D eigenvalue weighted by Gasteiger charge is -2.20. The van der Waals surface area contributed by atoms with E-state index in [1.54, 1.807) is 22.7 Å². The Bertz CT molecular complexity index is 520. The zero-order chi connectivity index (χ0) is 13.8. The molecule has 1 aliphatic rings. The first-order chi connectivity index (χ1) is 9.86. The first-order valence-corrected chi connectivity index (χ1v) is 8.96. The van der Waals surface area contributed by atoms with E-state index >= 15 is 0 Å². The molecule has 0 bridgehead atoms. The molecule has 0 unspecified atom stereocenters. The average molecular weight is 308 g/mol. The van der Waals surface area contributed by atoms with Crippen molar-refractivity contribution in [1.29, 1.82) is 0 Å². The molecule has 2 aromatic heterocycles. The number of thiazole rings is 1. The van der Waals surface area contributed by atoms with Crippen molar-refractivity contribution >= 4 is 22.7 Å². The van der Waals surface area contributed by atoms with Crippen LogP contribution in [0.2, 0.25) is 0 Å². The fraction of sp³-hybridized carbons (Fsp3) is 0.533. The molecule has 0 atom stereocenters. The molecule has 3 rings (SSSR count). The van der Waals surface area contributed by atoms with Gasteiger partial charge in [-0.2, -0.15) is 0 Å². The second-order valence-electron chi connectivity index (χ2n) is 5.25. The van der Waals surface area contributed by atoms with Crippen LogP contribution in [0.25, 0.3) is 9.88 Å². The number of aromatic nitrogens is 1. The van der Waals surface area contributed by atoms with Crippen LogP contribution in [0.4, 0.5) is 0 Å². The van der Waals surface area contributed by atoms with Crippen LogP contribution in [0.15, 0.2) is 22.9 Å². The van der Waals surface area contributed by atoms with Crippen LogP contribution in [0.1, 0.15) is 31.4 Å². The van der Waals surface area contributed by atoms with Crippen molar-refractivity contribution in [3.8, 4) is 9.88 Å². The van der Waals surface area contributed by atoms with E-state index < -0.39 is 0 Å². The molecule has 0 saturated heterocycles. The van der Waals surface area contributed by atoms with Gasteiger partial charge in [0, 0.05) is 24.6 Å². The topological polar surface area (TPSA) is 36.4 Å². The third-order valence-corrected chi connectivity index (χ3v) is 5.50. The van der Waals surface area contributed by atoms with Crippen molar-refractivity contribution in [1.82, 2.24) is 9.88 Å². The van der Waals surface area contributed by atoms with Gasteiger partial charge in [0.15, 0.2) is 0 Å². The van der Waals surface area contributed by atoms with Crippen LogP contribution in [-0.2, 0) is 6.54 Å². The molecule has 2 aromatic rings. The second kappa shape index (κ2) is 6.80. The minimum Gasteiger partial charge on any atom is -0.396 e. The molecule has 0 aromatic carbocycles. The molecule has 0 radical (unpaired) electrons. The lowest BCUT2D eigenvalue weighted by molar-refractivity contribution is 0.227. The lowest BCUT2D eigenvalue weighted by Crippen LogP contribution is -2.27. The lowest BCUT2D eigenvalue weighted by atomic mass is 10.3. The number of hydrogen-bond acceptors (Lipinski definition) is 5. The number of nitrogens with zero attached hydrogens (tertiary/aromatic N) is 2. The molecule has 1 fully saturated rings. The maximum Gasteiger partial charge on any atom is 0.133 e. The minimum absolute atomic E-state index is 0.303. The Morgan fingerprint density at radius 1 is 1.30 bits per heavy atom. The molecule has 108 valence electrons. The van der Waals surface area contributed by atoms with Gasteiger partial charge in [0.05, 0.1) is 10.6 Å². The maximum atomic E-state index is 8.90. The fourth-order valence-corrected chi connectivity index (χ4v) is 3.98. The van der Waals surface area contributed by atoms with E-state index in [2.05, 4.69) is 27.8 Å². The molecular weight excluding hydrogens is 288 g/mol. The van der Waals surface area contributed by atoms with E-state index in [1.165, 1.54) is 23.4 Å². The SMILES string of the molecule is OCCCCN(Cc1csc(-c2cccs2)n1)C1CC1. The Labute approximate surface area is 127 Å². The molecule has 0 amide bonds. The summed E-state index contributed by atoms with van der Waals surface area (Å²) in [4.78, 5) is 8.56. The predicted molar refractivity (Wildman–Crippen MR) is 85.2 cm³/mol. The van der Waals surface area contributed by atoms with Crippen molar-refractivity contribution in [2.45, 2.75) is 38.3 Å². The summed E-state index contributed by atoms with van der Waals surface area (Å²) in [6.45, 7) is 2.34. The van der Waals surface area contributed by atoms with Gasteiger partial charge in [-0.15, -0.1) is 22.7 Å². The molecule has 5 heteroatoms. The second-order valence-corrected chi connectivity index (χ2v) is 7.06. The molecule has 3 nitrogen and oxygen atoms in total. The Morgan fingerprint density at radius 2 is 2.20 bits per heavy atom. The van der Waals surface area contributed by atoms with E-state index in [0.717, 1.165) is 37.0 Å². The van der Waals surface area contributed by atoms with Crippen LogP contribution >= 0.6 is 22.7 Å². The molecule has 1 N–H and O–H groups in total. The van der Waals surface area contributed by atoms with E-state index in [-0.39, 0.29) is 0 Å². The van der Waals surface area contributed by atoms with Crippen LogP contribution in [0.5, 0.6) is 0 Å². The van der Waals surface area contributed by atoms with Gasteiger partial charge in [-0.25, -0.2) is 4.98 Å². The van der Waals surface area contributed by atoms with Crippen LogP contribution < -0.4 is 0 Å². The van der Waals surface area contributed by atoms with Crippen molar-refractivity contribution in [2.24, 2.45) is 0 Å². The number of rotatable bonds is 8. The summed E-state index contributed by atoms with van der Waals surface area (Å²) >= 11 is 3.49. The van der Waals surface area contributed by atoms with E-state index in [4.69, 9.17) is 10.1 Å². The molecular formula is C15H20N2OS2. The Kier molecular flexibility index (Phi) is 4.83. The molecule has 20 heavy (non-hydrogen) atoms. The zero-order valence-corrected chi connectivity index (χ0v) is 13.1. The third-order valence-electron chi connectivity index (χ3n) is 3.57. The summed E-state index contributed by atoms with van der Waals surface area (Å²) < 4.78 is 0. The van der Waals surface area contributed by atoms with Gasteiger partial charge >= 0.3 is 0 Å². The van der Waals surface area contributed by atoms with Crippen LogP contribution in [0.3, 0.4) is 0 Å².